The number of ether oxygens (including phenoxy) is 2. The van der Waals surface area contributed by atoms with Crippen molar-refractivity contribution < 1.29 is 14.3 Å². The van der Waals surface area contributed by atoms with Crippen LogP contribution >= 0.6 is 23.1 Å². The number of nitrogens with zero attached hydrogens (tertiary/aromatic N) is 2. The second-order valence-corrected chi connectivity index (χ2v) is 8.86. The minimum absolute atomic E-state index is 0.0946. The lowest BCUT2D eigenvalue weighted by Crippen LogP contribution is -2.17. The molecule has 1 spiro atoms. The zero-order valence-corrected chi connectivity index (χ0v) is 18.1. The van der Waals surface area contributed by atoms with E-state index in [4.69, 9.17) is 19.5 Å². The van der Waals surface area contributed by atoms with Crippen LogP contribution in [0.1, 0.15) is 30.6 Å². The first-order chi connectivity index (χ1) is 14.1. The van der Waals surface area contributed by atoms with Gasteiger partial charge in [-0.15, -0.1) is 11.3 Å². The smallest absolute Gasteiger partial charge is 0.234 e. The summed E-state index contributed by atoms with van der Waals surface area (Å²) in [7, 11) is 3.15. The summed E-state index contributed by atoms with van der Waals surface area (Å²) in [5.41, 5.74) is 1.30. The van der Waals surface area contributed by atoms with Crippen molar-refractivity contribution in [2.45, 2.75) is 31.3 Å². The number of carbonyl (C=O) groups excluding carboxylic acids is 1. The van der Waals surface area contributed by atoms with Gasteiger partial charge in [-0.2, -0.15) is 0 Å². The van der Waals surface area contributed by atoms with Gasteiger partial charge in [0.05, 0.1) is 24.8 Å². The summed E-state index contributed by atoms with van der Waals surface area (Å²) in [5.74, 6) is 1.38. The van der Waals surface area contributed by atoms with Crippen molar-refractivity contribution >= 4 is 45.4 Å². The molecule has 29 heavy (non-hydrogen) atoms. The molecule has 0 unspecified atom stereocenters. The van der Waals surface area contributed by atoms with E-state index in [-0.39, 0.29) is 17.3 Å². The number of anilines is 1. The molecule has 1 aromatic heterocycles. The van der Waals surface area contributed by atoms with Gasteiger partial charge in [-0.3, -0.25) is 9.79 Å². The average Bonchev–Trinajstić information content (AvgIpc) is 3.48. The van der Waals surface area contributed by atoms with Gasteiger partial charge in [-0.25, -0.2) is 4.99 Å². The number of hydrogen-bond acceptors (Lipinski definition) is 7. The minimum Gasteiger partial charge on any atom is -0.493 e. The molecule has 1 N–H and O–H groups in total. The second kappa shape index (κ2) is 8.59. The quantitative estimate of drug-likeness (QED) is 0.728. The molecular formula is C21H23N3O3S2. The van der Waals surface area contributed by atoms with Gasteiger partial charge in [0.15, 0.2) is 17.2 Å². The lowest BCUT2D eigenvalue weighted by molar-refractivity contribution is -0.113. The van der Waals surface area contributed by atoms with Crippen LogP contribution in [0.2, 0.25) is 0 Å². The predicted molar refractivity (Wildman–Crippen MR) is 120 cm³/mol. The minimum atomic E-state index is -0.304. The summed E-state index contributed by atoms with van der Waals surface area (Å²) in [5, 5.41) is 5.83. The lowest BCUT2D eigenvalue weighted by atomic mass is 10.1. The number of thioether (sulfide) groups is 1. The van der Waals surface area contributed by atoms with E-state index >= 15 is 0 Å². The molecule has 0 bridgehead atoms. The van der Waals surface area contributed by atoms with Gasteiger partial charge in [0.1, 0.15) is 10.8 Å². The SMILES string of the molecule is COc1ccc(NC(=O)CSC2=NC3(CCCC3)N=C2c2cccs2)cc1OC. The maximum absolute atomic E-state index is 12.5. The van der Waals surface area contributed by atoms with Crippen LogP contribution in [-0.4, -0.2) is 42.3 Å². The average molecular weight is 430 g/mol. The van der Waals surface area contributed by atoms with Crippen LogP contribution in [0, 0.1) is 0 Å². The van der Waals surface area contributed by atoms with Crippen LogP contribution in [0.4, 0.5) is 5.69 Å². The highest BCUT2D eigenvalue weighted by molar-refractivity contribution is 8.16. The molecule has 1 amide bonds. The Morgan fingerprint density at radius 3 is 2.66 bits per heavy atom. The van der Waals surface area contributed by atoms with Crippen molar-refractivity contribution in [2.75, 3.05) is 25.3 Å². The number of rotatable bonds is 6. The predicted octanol–water partition coefficient (Wildman–Crippen LogP) is 4.61. The van der Waals surface area contributed by atoms with E-state index in [0.29, 0.717) is 17.2 Å². The standard InChI is InChI=1S/C21H23N3O3S2/c1-26-15-8-7-14(12-16(15)27-2)22-18(25)13-29-20-19(17-6-5-11-28-17)23-21(24-20)9-3-4-10-21/h5-8,11-12H,3-4,9-10,13H2,1-2H3,(H,22,25). The van der Waals surface area contributed by atoms with Crippen LogP contribution in [0.15, 0.2) is 45.7 Å². The molecule has 2 aliphatic rings. The Morgan fingerprint density at radius 2 is 1.97 bits per heavy atom. The molecule has 2 heterocycles. The van der Waals surface area contributed by atoms with Crippen molar-refractivity contribution in [1.82, 2.24) is 0 Å². The topological polar surface area (TPSA) is 72.3 Å². The maximum Gasteiger partial charge on any atom is 0.234 e. The fourth-order valence-electron chi connectivity index (χ4n) is 3.61. The Balaban J connectivity index is 1.44. The number of aliphatic imine (C=N–C) groups is 2. The Hall–Kier alpha value is -2.32. The van der Waals surface area contributed by atoms with E-state index in [1.54, 1.807) is 43.8 Å². The third kappa shape index (κ3) is 4.33. The summed E-state index contributed by atoms with van der Waals surface area (Å²) < 4.78 is 10.5. The summed E-state index contributed by atoms with van der Waals surface area (Å²) in [4.78, 5) is 23.6. The normalized spacial score (nSPS) is 17.2. The Labute approximate surface area is 178 Å². The van der Waals surface area contributed by atoms with Gasteiger partial charge >= 0.3 is 0 Å². The number of carbonyl (C=O) groups is 1. The molecule has 0 saturated heterocycles. The van der Waals surface area contributed by atoms with Crippen LogP contribution in [0.25, 0.3) is 0 Å². The molecule has 1 fully saturated rings. The Morgan fingerprint density at radius 1 is 1.17 bits per heavy atom. The van der Waals surface area contributed by atoms with Crippen molar-refractivity contribution in [3.63, 3.8) is 0 Å². The van der Waals surface area contributed by atoms with E-state index in [2.05, 4.69) is 11.4 Å². The third-order valence-electron chi connectivity index (χ3n) is 5.00. The summed E-state index contributed by atoms with van der Waals surface area (Å²) in [6.07, 6.45) is 4.29. The second-order valence-electron chi connectivity index (χ2n) is 6.95. The van der Waals surface area contributed by atoms with Gasteiger partial charge in [0.25, 0.3) is 0 Å². The van der Waals surface area contributed by atoms with Crippen molar-refractivity contribution in [2.24, 2.45) is 9.98 Å². The first-order valence-corrected chi connectivity index (χ1v) is 11.4. The van der Waals surface area contributed by atoms with Gasteiger partial charge in [-0.05, 0) is 49.3 Å². The van der Waals surface area contributed by atoms with Crippen LogP contribution < -0.4 is 14.8 Å². The fourth-order valence-corrected chi connectivity index (χ4v) is 5.25. The van der Waals surface area contributed by atoms with Crippen molar-refractivity contribution in [3.8, 4) is 11.5 Å². The molecule has 1 saturated carbocycles. The number of benzene rings is 1. The Bertz CT molecular complexity index is 948. The van der Waals surface area contributed by atoms with Crippen LogP contribution in [-0.2, 0) is 4.79 Å². The van der Waals surface area contributed by atoms with Crippen molar-refractivity contribution in [1.29, 1.82) is 0 Å². The zero-order chi connectivity index (χ0) is 20.3. The molecule has 0 atom stereocenters. The molecule has 1 aromatic carbocycles. The number of methoxy groups -OCH3 is 2. The van der Waals surface area contributed by atoms with E-state index in [9.17, 15) is 4.79 Å². The monoisotopic (exact) mass is 429 g/mol. The molecule has 8 heteroatoms. The highest BCUT2D eigenvalue weighted by Crippen LogP contribution is 2.40. The number of thiophene rings is 1. The fraction of sp³-hybridized carbons (Fsp3) is 0.381. The van der Waals surface area contributed by atoms with Crippen LogP contribution in [0.5, 0.6) is 11.5 Å². The van der Waals surface area contributed by atoms with Gasteiger partial charge < -0.3 is 14.8 Å². The van der Waals surface area contributed by atoms with E-state index < -0.39 is 0 Å². The first-order valence-electron chi connectivity index (χ1n) is 9.51. The third-order valence-corrected chi connectivity index (χ3v) is 6.84. The number of amides is 1. The van der Waals surface area contributed by atoms with Gasteiger partial charge in [0.2, 0.25) is 5.91 Å². The molecule has 6 nitrogen and oxygen atoms in total. The summed E-state index contributed by atoms with van der Waals surface area (Å²) >= 11 is 3.11. The number of hydrogen-bond donors (Lipinski definition) is 1. The largest absolute Gasteiger partial charge is 0.493 e. The van der Waals surface area contributed by atoms with Crippen molar-refractivity contribution in [3.05, 3.63) is 40.6 Å². The molecular weight excluding hydrogens is 406 g/mol. The Kier molecular flexibility index (Phi) is 5.91. The highest BCUT2D eigenvalue weighted by Gasteiger charge is 2.39. The molecule has 1 aliphatic carbocycles. The lowest BCUT2D eigenvalue weighted by Gasteiger charge is -2.14. The molecule has 1 aliphatic heterocycles. The molecule has 0 radical (unpaired) electrons. The van der Waals surface area contributed by atoms with E-state index in [1.165, 1.54) is 11.8 Å². The zero-order valence-electron chi connectivity index (χ0n) is 16.4. The molecule has 2 aromatic rings. The summed E-state index contributed by atoms with van der Waals surface area (Å²) in [6.45, 7) is 0. The van der Waals surface area contributed by atoms with Gasteiger partial charge in [0, 0.05) is 11.8 Å². The van der Waals surface area contributed by atoms with Crippen LogP contribution in [0.3, 0.4) is 0 Å². The van der Waals surface area contributed by atoms with E-state index in [0.717, 1.165) is 41.3 Å². The van der Waals surface area contributed by atoms with E-state index in [1.807, 2.05) is 11.4 Å². The molecule has 152 valence electrons. The molecule has 4 rings (SSSR count). The first kappa shape index (κ1) is 20.0. The highest BCUT2D eigenvalue weighted by atomic mass is 32.2. The maximum atomic E-state index is 12.5. The number of nitrogens with one attached hydrogen (secondary N) is 1. The van der Waals surface area contributed by atoms with Gasteiger partial charge in [-0.1, -0.05) is 17.8 Å². The summed E-state index contributed by atoms with van der Waals surface area (Å²) in [6, 6.07) is 9.41.